The Balaban J connectivity index is 0.00000196. The van der Waals surface area contributed by atoms with E-state index in [0.29, 0.717) is 18.9 Å². The van der Waals surface area contributed by atoms with Crippen LogP contribution in [0.4, 0.5) is 5.13 Å². The van der Waals surface area contributed by atoms with Crippen LogP contribution in [0.5, 0.6) is 0 Å². The smallest absolute Gasteiger partial charge is 0.227 e. The number of amides is 1. The van der Waals surface area contributed by atoms with E-state index in [1.165, 1.54) is 10.4 Å². The van der Waals surface area contributed by atoms with E-state index in [0.717, 1.165) is 43.2 Å². The number of aromatic nitrogens is 1. The summed E-state index contributed by atoms with van der Waals surface area (Å²) < 4.78 is 5.40. The molecule has 5 nitrogen and oxygen atoms in total. The molecule has 1 amide bonds. The molecule has 2 aliphatic rings. The number of hydrogen-bond donors (Lipinski definition) is 2. The van der Waals surface area contributed by atoms with Crippen LogP contribution in [0.25, 0.3) is 0 Å². The van der Waals surface area contributed by atoms with Crippen molar-refractivity contribution in [2.45, 2.75) is 37.6 Å². The average molecular weight is 394 g/mol. The fraction of sp³-hybridized carbons (Fsp3) is 0.474. The lowest BCUT2D eigenvalue weighted by molar-refractivity contribution is -0.117. The number of fused-ring (bicyclic) bond motifs is 1. The number of morpholine rings is 1. The van der Waals surface area contributed by atoms with Gasteiger partial charge in [0.1, 0.15) is 0 Å². The summed E-state index contributed by atoms with van der Waals surface area (Å²) in [5.74, 6) is 0.565. The van der Waals surface area contributed by atoms with Crippen LogP contribution < -0.4 is 10.6 Å². The molecule has 2 atom stereocenters. The standard InChI is InChI=1S/C19H23N3O2S.ClH/c23-18(11-15-12-24-9-8-20-15)22-19-21-16-7-6-14(10-17(16)25-19)13-4-2-1-3-5-13;/h1-5,14-15,20H,6-12H2,(H,21,22,23);1H. The Kier molecular flexibility index (Phi) is 6.64. The molecule has 2 N–H and O–H groups in total. The molecule has 0 spiro atoms. The van der Waals surface area contributed by atoms with Gasteiger partial charge in [-0.25, -0.2) is 4.98 Å². The van der Waals surface area contributed by atoms with E-state index in [1.54, 1.807) is 11.3 Å². The number of halogens is 1. The van der Waals surface area contributed by atoms with Gasteiger partial charge in [0, 0.05) is 23.9 Å². The van der Waals surface area contributed by atoms with Gasteiger partial charge in [0.05, 0.1) is 18.9 Å². The number of nitrogens with zero attached hydrogens (tertiary/aromatic N) is 1. The van der Waals surface area contributed by atoms with Crippen LogP contribution >= 0.6 is 23.7 Å². The van der Waals surface area contributed by atoms with Crippen LogP contribution in [-0.2, 0) is 22.4 Å². The third kappa shape index (κ3) is 4.62. The van der Waals surface area contributed by atoms with Crippen molar-refractivity contribution in [3.8, 4) is 0 Å². The molecule has 4 rings (SSSR count). The van der Waals surface area contributed by atoms with Crippen LogP contribution in [0.1, 0.15) is 34.9 Å². The molecule has 1 aromatic carbocycles. The lowest BCUT2D eigenvalue weighted by Crippen LogP contribution is -2.43. The Bertz CT molecular complexity index is 732. The summed E-state index contributed by atoms with van der Waals surface area (Å²) in [6.45, 7) is 2.13. The number of hydrogen-bond acceptors (Lipinski definition) is 5. The Morgan fingerprint density at radius 2 is 2.19 bits per heavy atom. The van der Waals surface area contributed by atoms with Crippen molar-refractivity contribution in [1.82, 2.24) is 10.3 Å². The quantitative estimate of drug-likeness (QED) is 0.837. The summed E-state index contributed by atoms with van der Waals surface area (Å²) in [5.41, 5.74) is 2.56. The second-order valence-electron chi connectivity index (χ2n) is 6.72. The SMILES string of the molecule is Cl.O=C(CC1COCCN1)Nc1nc2c(s1)CC(c1ccccc1)CC2. The molecule has 0 bridgehead atoms. The van der Waals surface area contributed by atoms with E-state index in [4.69, 9.17) is 4.74 Å². The molecular weight excluding hydrogens is 370 g/mol. The van der Waals surface area contributed by atoms with Gasteiger partial charge in [-0.15, -0.1) is 23.7 Å². The molecule has 2 aromatic rings. The summed E-state index contributed by atoms with van der Waals surface area (Å²) in [5, 5.41) is 7.02. The van der Waals surface area contributed by atoms with Crippen molar-refractivity contribution >= 4 is 34.8 Å². The first-order valence-corrected chi connectivity index (χ1v) is 9.74. The Hall–Kier alpha value is -1.47. The van der Waals surface area contributed by atoms with Gasteiger partial charge in [-0.1, -0.05) is 30.3 Å². The van der Waals surface area contributed by atoms with Gasteiger partial charge in [-0.2, -0.15) is 0 Å². The largest absolute Gasteiger partial charge is 0.378 e. The number of thiazole rings is 1. The van der Waals surface area contributed by atoms with Crippen molar-refractivity contribution in [2.75, 3.05) is 25.1 Å². The minimum atomic E-state index is 0. The minimum absolute atomic E-state index is 0. The highest BCUT2D eigenvalue weighted by Gasteiger charge is 2.24. The number of benzene rings is 1. The zero-order valence-electron chi connectivity index (χ0n) is 14.6. The number of carbonyl (C=O) groups is 1. The number of anilines is 1. The summed E-state index contributed by atoms with van der Waals surface area (Å²) in [6, 6.07) is 10.8. The summed E-state index contributed by atoms with van der Waals surface area (Å²) >= 11 is 1.63. The third-order valence-electron chi connectivity index (χ3n) is 4.89. The zero-order chi connectivity index (χ0) is 17.1. The minimum Gasteiger partial charge on any atom is -0.378 e. The monoisotopic (exact) mass is 393 g/mol. The average Bonchev–Trinajstić information content (AvgIpc) is 3.04. The van der Waals surface area contributed by atoms with E-state index in [2.05, 4.69) is 45.9 Å². The molecule has 1 saturated heterocycles. The lowest BCUT2D eigenvalue weighted by Gasteiger charge is -2.22. The number of nitrogens with one attached hydrogen (secondary N) is 2. The Morgan fingerprint density at radius 3 is 2.96 bits per heavy atom. The number of rotatable bonds is 4. The van der Waals surface area contributed by atoms with Crippen LogP contribution in [-0.4, -0.2) is 36.7 Å². The molecule has 26 heavy (non-hydrogen) atoms. The third-order valence-corrected chi connectivity index (χ3v) is 5.92. The maximum Gasteiger partial charge on any atom is 0.227 e. The fourth-order valence-corrected chi connectivity index (χ4v) is 4.69. The highest BCUT2D eigenvalue weighted by atomic mass is 35.5. The summed E-state index contributed by atoms with van der Waals surface area (Å²) in [4.78, 5) is 18.2. The van der Waals surface area contributed by atoms with Crippen molar-refractivity contribution < 1.29 is 9.53 Å². The Labute approximate surface area is 164 Å². The number of ether oxygens (including phenoxy) is 1. The molecule has 2 unspecified atom stereocenters. The van der Waals surface area contributed by atoms with Gasteiger partial charge in [-0.3, -0.25) is 4.79 Å². The van der Waals surface area contributed by atoms with Crippen LogP contribution in [0, 0.1) is 0 Å². The second-order valence-corrected chi connectivity index (χ2v) is 7.80. The predicted octanol–water partition coefficient (Wildman–Crippen LogP) is 3.15. The van der Waals surface area contributed by atoms with Gasteiger partial charge in [0.15, 0.2) is 5.13 Å². The first-order valence-electron chi connectivity index (χ1n) is 8.92. The molecule has 140 valence electrons. The topological polar surface area (TPSA) is 63.2 Å². The van der Waals surface area contributed by atoms with Gasteiger partial charge in [-0.05, 0) is 30.7 Å². The first kappa shape index (κ1) is 19.3. The lowest BCUT2D eigenvalue weighted by atomic mass is 9.85. The van der Waals surface area contributed by atoms with E-state index in [1.807, 2.05) is 0 Å². The van der Waals surface area contributed by atoms with E-state index >= 15 is 0 Å². The molecule has 7 heteroatoms. The van der Waals surface area contributed by atoms with Gasteiger partial charge < -0.3 is 15.4 Å². The Morgan fingerprint density at radius 1 is 1.35 bits per heavy atom. The van der Waals surface area contributed by atoms with Gasteiger partial charge in [0.2, 0.25) is 5.91 Å². The number of carbonyl (C=O) groups excluding carboxylic acids is 1. The maximum absolute atomic E-state index is 12.2. The van der Waals surface area contributed by atoms with Crippen LogP contribution in [0.3, 0.4) is 0 Å². The fourth-order valence-electron chi connectivity index (χ4n) is 3.58. The zero-order valence-corrected chi connectivity index (χ0v) is 16.2. The van der Waals surface area contributed by atoms with Crippen molar-refractivity contribution in [3.05, 3.63) is 46.5 Å². The first-order chi connectivity index (χ1) is 12.3. The maximum atomic E-state index is 12.2. The van der Waals surface area contributed by atoms with Crippen LogP contribution in [0.2, 0.25) is 0 Å². The van der Waals surface area contributed by atoms with E-state index in [-0.39, 0.29) is 24.4 Å². The molecular formula is C19H24ClN3O2S. The van der Waals surface area contributed by atoms with Crippen molar-refractivity contribution in [1.29, 1.82) is 0 Å². The van der Waals surface area contributed by atoms with Crippen LogP contribution in [0.15, 0.2) is 30.3 Å². The molecule has 2 heterocycles. The van der Waals surface area contributed by atoms with Crippen molar-refractivity contribution in [2.24, 2.45) is 0 Å². The normalized spacial score (nSPS) is 22.2. The predicted molar refractivity (Wildman–Crippen MR) is 106 cm³/mol. The summed E-state index contributed by atoms with van der Waals surface area (Å²) in [7, 11) is 0. The molecule has 1 aromatic heterocycles. The summed E-state index contributed by atoms with van der Waals surface area (Å²) in [6.07, 6.45) is 3.55. The highest BCUT2D eigenvalue weighted by molar-refractivity contribution is 7.15. The highest BCUT2D eigenvalue weighted by Crippen LogP contribution is 2.36. The molecule has 0 radical (unpaired) electrons. The van der Waals surface area contributed by atoms with Gasteiger partial charge in [0.25, 0.3) is 0 Å². The molecule has 1 aliphatic heterocycles. The van der Waals surface area contributed by atoms with Crippen molar-refractivity contribution in [3.63, 3.8) is 0 Å². The molecule has 1 fully saturated rings. The van der Waals surface area contributed by atoms with E-state index in [9.17, 15) is 4.79 Å². The van der Waals surface area contributed by atoms with E-state index < -0.39 is 0 Å². The van der Waals surface area contributed by atoms with Gasteiger partial charge >= 0.3 is 0 Å². The molecule has 1 aliphatic carbocycles. The number of aryl methyl sites for hydroxylation is 1. The second kappa shape index (κ2) is 8.95. The molecule has 0 saturated carbocycles.